The fourth-order valence-corrected chi connectivity index (χ4v) is 2.97. The van der Waals surface area contributed by atoms with E-state index in [0.29, 0.717) is 24.5 Å². The highest BCUT2D eigenvalue weighted by atomic mass is 16.5. The Kier molecular flexibility index (Phi) is 5.51. The Morgan fingerprint density at radius 3 is 2.73 bits per heavy atom. The second kappa shape index (κ2) is 7.99. The number of hydrogen-bond donors (Lipinski definition) is 1. The van der Waals surface area contributed by atoms with Crippen molar-refractivity contribution in [3.05, 3.63) is 59.3 Å². The van der Waals surface area contributed by atoms with Gasteiger partial charge in [0.25, 0.3) is 0 Å². The lowest BCUT2D eigenvalue weighted by molar-refractivity contribution is -0.130. The molecule has 3 rings (SSSR count). The minimum atomic E-state index is -0.449. The lowest BCUT2D eigenvalue weighted by Gasteiger charge is -2.29. The van der Waals surface area contributed by atoms with Gasteiger partial charge >= 0.3 is 5.97 Å². The number of pyridine rings is 1. The van der Waals surface area contributed by atoms with Crippen molar-refractivity contribution in [3.8, 4) is 0 Å². The summed E-state index contributed by atoms with van der Waals surface area (Å²) in [4.78, 5) is 30.7. The zero-order valence-electron chi connectivity index (χ0n) is 15.1. The number of esters is 1. The first-order chi connectivity index (χ1) is 12.5. The Balaban J connectivity index is 1.63. The fourth-order valence-electron chi connectivity index (χ4n) is 2.97. The Morgan fingerprint density at radius 2 is 1.96 bits per heavy atom. The molecule has 1 aromatic carbocycles. The third-order valence-electron chi connectivity index (χ3n) is 4.26. The molecule has 0 saturated heterocycles. The van der Waals surface area contributed by atoms with Crippen LogP contribution in [0.15, 0.2) is 42.6 Å². The minimum Gasteiger partial charge on any atom is -0.459 e. The summed E-state index contributed by atoms with van der Waals surface area (Å²) < 4.78 is 5.22. The van der Waals surface area contributed by atoms with E-state index in [2.05, 4.69) is 22.4 Å². The van der Waals surface area contributed by atoms with Gasteiger partial charge in [-0.2, -0.15) is 0 Å². The standard InChI is InChI=1S/C20H23N3O3/c1-14(2)26-20(25)17-8-5-10-21-19(17)22-12-18(24)23-11-9-15-6-3-4-7-16(15)13-23/h3-8,10,14H,9,11-13H2,1-2H3,(H,21,22). The molecule has 1 aliphatic heterocycles. The normalized spacial score (nSPS) is 13.3. The third-order valence-corrected chi connectivity index (χ3v) is 4.26. The average molecular weight is 353 g/mol. The molecule has 2 heterocycles. The van der Waals surface area contributed by atoms with E-state index in [0.717, 1.165) is 6.42 Å². The number of carbonyl (C=O) groups excluding carboxylic acids is 2. The summed E-state index contributed by atoms with van der Waals surface area (Å²) in [6.45, 7) is 4.97. The van der Waals surface area contributed by atoms with Crippen LogP contribution in [-0.4, -0.2) is 41.0 Å². The maximum Gasteiger partial charge on any atom is 0.342 e. The van der Waals surface area contributed by atoms with Gasteiger partial charge in [-0.15, -0.1) is 0 Å². The second-order valence-corrected chi connectivity index (χ2v) is 6.54. The van der Waals surface area contributed by atoms with Crippen molar-refractivity contribution in [2.24, 2.45) is 0 Å². The molecule has 0 saturated carbocycles. The number of ether oxygens (including phenoxy) is 1. The van der Waals surface area contributed by atoms with Gasteiger partial charge in [-0.3, -0.25) is 4.79 Å². The van der Waals surface area contributed by atoms with Crippen LogP contribution >= 0.6 is 0 Å². The summed E-state index contributed by atoms with van der Waals surface area (Å²) in [5.41, 5.74) is 2.82. The molecule has 1 amide bonds. The van der Waals surface area contributed by atoms with E-state index in [-0.39, 0.29) is 18.6 Å². The molecule has 136 valence electrons. The lowest BCUT2D eigenvalue weighted by atomic mass is 10.00. The van der Waals surface area contributed by atoms with E-state index in [1.807, 2.05) is 17.0 Å². The van der Waals surface area contributed by atoms with Crippen LogP contribution in [0.25, 0.3) is 0 Å². The summed E-state index contributed by atoms with van der Waals surface area (Å²) in [6, 6.07) is 11.5. The van der Waals surface area contributed by atoms with Crippen LogP contribution in [0.2, 0.25) is 0 Å². The Morgan fingerprint density at radius 1 is 1.19 bits per heavy atom. The number of nitrogens with one attached hydrogen (secondary N) is 1. The van der Waals surface area contributed by atoms with E-state index in [4.69, 9.17) is 4.74 Å². The van der Waals surface area contributed by atoms with Crippen LogP contribution in [-0.2, 0) is 22.5 Å². The van der Waals surface area contributed by atoms with Crippen LogP contribution < -0.4 is 5.32 Å². The average Bonchev–Trinajstić information content (AvgIpc) is 2.65. The van der Waals surface area contributed by atoms with E-state index in [1.165, 1.54) is 11.1 Å². The SMILES string of the molecule is CC(C)OC(=O)c1cccnc1NCC(=O)N1CCc2ccccc2C1. The van der Waals surface area contributed by atoms with Crippen molar-refractivity contribution in [2.75, 3.05) is 18.4 Å². The molecule has 6 nitrogen and oxygen atoms in total. The number of benzene rings is 1. The number of nitrogens with zero attached hydrogens (tertiary/aromatic N) is 2. The van der Waals surface area contributed by atoms with Crippen LogP contribution in [0.5, 0.6) is 0 Å². The molecule has 0 spiro atoms. The summed E-state index contributed by atoms with van der Waals surface area (Å²) in [6.07, 6.45) is 2.22. The number of hydrogen-bond acceptors (Lipinski definition) is 5. The highest BCUT2D eigenvalue weighted by Crippen LogP contribution is 2.19. The number of fused-ring (bicyclic) bond motifs is 1. The predicted molar refractivity (Wildman–Crippen MR) is 98.8 cm³/mol. The van der Waals surface area contributed by atoms with Gasteiger partial charge in [-0.05, 0) is 43.5 Å². The second-order valence-electron chi connectivity index (χ2n) is 6.54. The number of rotatable bonds is 5. The van der Waals surface area contributed by atoms with Crippen molar-refractivity contribution >= 4 is 17.7 Å². The zero-order valence-corrected chi connectivity index (χ0v) is 15.1. The largest absolute Gasteiger partial charge is 0.459 e. The van der Waals surface area contributed by atoms with Crippen LogP contribution in [0.3, 0.4) is 0 Å². The molecule has 0 fully saturated rings. The molecular weight excluding hydrogens is 330 g/mol. The summed E-state index contributed by atoms with van der Waals surface area (Å²) >= 11 is 0. The molecule has 0 unspecified atom stereocenters. The van der Waals surface area contributed by atoms with Crippen LogP contribution in [0, 0.1) is 0 Å². The monoisotopic (exact) mass is 353 g/mol. The Hall–Kier alpha value is -2.89. The van der Waals surface area contributed by atoms with Gasteiger partial charge in [-0.1, -0.05) is 24.3 Å². The van der Waals surface area contributed by atoms with Gasteiger partial charge < -0.3 is 15.0 Å². The van der Waals surface area contributed by atoms with Gasteiger partial charge in [0.1, 0.15) is 11.4 Å². The zero-order chi connectivity index (χ0) is 18.5. The number of carbonyl (C=O) groups is 2. The molecule has 0 atom stereocenters. The van der Waals surface area contributed by atoms with Gasteiger partial charge in [0.05, 0.1) is 12.6 Å². The first-order valence-corrected chi connectivity index (χ1v) is 8.79. The van der Waals surface area contributed by atoms with E-state index in [1.54, 1.807) is 32.2 Å². The van der Waals surface area contributed by atoms with Crippen LogP contribution in [0.1, 0.15) is 35.3 Å². The van der Waals surface area contributed by atoms with Gasteiger partial charge in [0.2, 0.25) is 5.91 Å². The highest BCUT2D eigenvalue weighted by molar-refractivity contribution is 5.95. The first-order valence-electron chi connectivity index (χ1n) is 8.79. The first kappa shape index (κ1) is 17.9. The quantitative estimate of drug-likeness (QED) is 0.837. The molecule has 6 heteroatoms. The van der Waals surface area contributed by atoms with Gasteiger partial charge in [-0.25, -0.2) is 9.78 Å². The molecule has 1 N–H and O–H groups in total. The molecule has 0 aliphatic carbocycles. The van der Waals surface area contributed by atoms with E-state index < -0.39 is 5.97 Å². The number of amides is 1. The fraction of sp³-hybridized carbons (Fsp3) is 0.350. The van der Waals surface area contributed by atoms with Crippen molar-refractivity contribution in [1.82, 2.24) is 9.88 Å². The van der Waals surface area contributed by atoms with Crippen LogP contribution in [0.4, 0.5) is 5.82 Å². The summed E-state index contributed by atoms with van der Waals surface area (Å²) in [5, 5.41) is 2.99. The van der Waals surface area contributed by atoms with E-state index >= 15 is 0 Å². The Bertz CT molecular complexity index is 804. The predicted octanol–water partition coefficient (Wildman–Crippen LogP) is 2.64. The molecule has 1 aliphatic rings. The van der Waals surface area contributed by atoms with Gasteiger partial charge in [0, 0.05) is 19.3 Å². The highest BCUT2D eigenvalue weighted by Gasteiger charge is 2.21. The van der Waals surface area contributed by atoms with Crippen molar-refractivity contribution in [3.63, 3.8) is 0 Å². The Labute approximate surface area is 153 Å². The summed E-state index contributed by atoms with van der Waals surface area (Å²) in [7, 11) is 0. The molecule has 26 heavy (non-hydrogen) atoms. The summed E-state index contributed by atoms with van der Waals surface area (Å²) in [5.74, 6) is -0.104. The number of anilines is 1. The number of aromatic nitrogens is 1. The minimum absolute atomic E-state index is 0.0201. The van der Waals surface area contributed by atoms with E-state index in [9.17, 15) is 9.59 Å². The maximum atomic E-state index is 12.6. The molecule has 2 aromatic rings. The lowest BCUT2D eigenvalue weighted by Crippen LogP contribution is -2.39. The van der Waals surface area contributed by atoms with Crippen molar-refractivity contribution in [2.45, 2.75) is 32.9 Å². The van der Waals surface area contributed by atoms with Crippen molar-refractivity contribution in [1.29, 1.82) is 0 Å². The molecule has 0 bridgehead atoms. The molecule has 0 radical (unpaired) electrons. The molecule has 1 aromatic heterocycles. The molecular formula is C20H23N3O3. The third kappa shape index (κ3) is 4.20. The van der Waals surface area contributed by atoms with Gasteiger partial charge in [0.15, 0.2) is 0 Å². The topological polar surface area (TPSA) is 71.5 Å². The smallest absolute Gasteiger partial charge is 0.342 e. The maximum absolute atomic E-state index is 12.6. The van der Waals surface area contributed by atoms with Crippen molar-refractivity contribution < 1.29 is 14.3 Å².